The number of anilines is 2. The fraction of sp³-hybridized carbons (Fsp3) is 0.534. The van der Waals surface area contributed by atoms with E-state index in [0.717, 1.165) is 75.9 Å². The van der Waals surface area contributed by atoms with Crippen LogP contribution in [0.25, 0.3) is 67.7 Å². The highest BCUT2D eigenvalue weighted by Gasteiger charge is 2.31. The Morgan fingerprint density at radius 2 is 0.811 bits per heavy atom. The van der Waals surface area contributed by atoms with Crippen molar-refractivity contribution in [1.29, 1.82) is 0 Å². The molecule has 3 aromatic carbocycles. The number of carbonyl (C=O) groups is 4. The van der Waals surface area contributed by atoms with E-state index in [-0.39, 0.29) is 46.8 Å². The second-order valence-electron chi connectivity index (χ2n) is 28.1. The lowest BCUT2D eigenvalue weighted by Crippen LogP contribution is -2.30. The molecule has 6 aliphatic rings. The lowest BCUT2D eigenvalue weighted by atomic mass is 9.98. The Kier molecular flexibility index (Phi) is 29.4. The van der Waals surface area contributed by atoms with E-state index in [9.17, 15) is 52.5 Å². The predicted molar refractivity (Wildman–Crippen MR) is 403 cm³/mol. The van der Waals surface area contributed by atoms with Gasteiger partial charge >= 0.3 is 48.5 Å². The summed E-state index contributed by atoms with van der Waals surface area (Å²) in [4.78, 5) is 156. The normalized spacial score (nSPS) is 11.8. The van der Waals surface area contributed by atoms with Crippen LogP contribution in [0, 0.1) is 38.5 Å². The van der Waals surface area contributed by atoms with Crippen LogP contribution in [0.4, 0.5) is 11.4 Å². The van der Waals surface area contributed by atoms with Gasteiger partial charge in [0.2, 0.25) is 13.6 Å². The van der Waals surface area contributed by atoms with Crippen molar-refractivity contribution in [3.05, 3.63) is 121 Å². The Morgan fingerprint density at radius 1 is 0.453 bits per heavy atom. The van der Waals surface area contributed by atoms with E-state index in [1.165, 1.54) is 0 Å². The summed E-state index contributed by atoms with van der Waals surface area (Å²) >= 11 is 0. The summed E-state index contributed by atoms with van der Waals surface area (Å²) in [6.07, 6.45) is 7.24. The lowest BCUT2D eigenvalue weighted by Gasteiger charge is -2.22. The molecule has 4 N–H and O–H groups in total. The van der Waals surface area contributed by atoms with Gasteiger partial charge in [0.05, 0.1) is 63.3 Å². The van der Waals surface area contributed by atoms with Gasteiger partial charge < -0.3 is 47.8 Å². The number of hydrogen-bond donors (Lipinski definition) is 4. The number of rotatable bonds is 31. The zero-order valence-electron chi connectivity index (χ0n) is 63.6. The molecule has 0 radical (unpaired) electrons. The van der Waals surface area contributed by atoms with E-state index in [4.69, 9.17) is 28.0 Å². The van der Waals surface area contributed by atoms with Gasteiger partial charge in [-0.2, -0.15) is 15.0 Å². The van der Waals surface area contributed by atoms with Crippen molar-refractivity contribution in [2.24, 2.45) is 10.8 Å². The molecule has 0 bridgehead atoms. The van der Waals surface area contributed by atoms with Crippen LogP contribution in [-0.2, 0) is 71.4 Å². The molecule has 0 saturated heterocycles. The number of nitrogens with zero attached hydrogens (tertiary/aromatic N) is 11. The molecule has 0 fully saturated rings. The van der Waals surface area contributed by atoms with Crippen molar-refractivity contribution < 1.29 is 51.7 Å². The molecular formula is C73H100N15O17P. The van der Waals surface area contributed by atoms with E-state index in [1.807, 2.05) is 116 Å². The number of nitrogens with one attached hydrogen (secondary N) is 4. The molecule has 6 aliphatic heterocycles. The Morgan fingerprint density at radius 3 is 1.21 bits per heavy atom. The van der Waals surface area contributed by atoms with Gasteiger partial charge in [-0.15, -0.1) is 0 Å². The van der Waals surface area contributed by atoms with Gasteiger partial charge in [-0.05, 0) is 180 Å². The third-order valence-corrected chi connectivity index (χ3v) is 18.9. The minimum absolute atomic E-state index is 0.00332. The maximum Gasteiger partial charge on any atom is 0.349 e. The van der Waals surface area contributed by atoms with Gasteiger partial charge in [-0.1, -0.05) is 25.7 Å². The summed E-state index contributed by atoms with van der Waals surface area (Å²) in [6, 6.07) is 11.8. The molecule has 33 heteroatoms. The Balaban J connectivity index is 0.000000230. The van der Waals surface area contributed by atoms with Gasteiger partial charge in [-0.3, -0.25) is 62.1 Å². The topological polar surface area (TPSA) is 401 Å². The first-order chi connectivity index (χ1) is 50.0. The molecule has 0 aliphatic carbocycles. The first-order valence-corrected chi connectivity index (χ1v) is 37.2. The molecule has 0 spiro atoms. The summed E-state index contributed by atoms with van der Waals surface area (Å²) in [5.74, 6) is -0.659. The van der Waals surface area contributed by atoms with Gasteiger partial charge in [0.1, 0.15) is 0 Å². The first-order valence-electron chi connectivity index (χ1n) is 35.5. The number of hydrogen-bond acceptors (Lipinski definition) is 26. The van der Waals surface area contributed by atoms with E-state index in [2.05, 4.69) is 50.2 Å². The molecule has 574 valence electrons. The standard InChI is InChI=1S/C31H46N5O9P.C22H29N5O4.C20H25N5O4/c1-20-16-21-23(17-22(20)35(8)9)36(25-24(32-21)26(37)34-29(40)33-25)14-12-10-11-13-15-46(41,44-18-42-27(38)30(2,3)4)45-19-43-28(39)31(5,6)7;1-5-31-18(28)10-8-6-7-9-11-27-17-13-16(26(3)4)14(2)12-15(17)23-19-20(27)24-22(30)25-21(19)29;1-4-29-16(26)6-5-7-21-8-9-25-15-11-13(3)12(2)10-14(15)22-17-18(25)23-20(28)24-19(17)27/h16-17H,10-15,18-19H2,1-9H3,(H,34,37,40);12-13H,5-11H2,1-4H3,(H,25,29,30);10-11,21H,4-9H2,1-3H3,(H,24,27,28). The number of aromatic amines is 3. The number of esters is 4. The second kappa shape index (κ2) is 37.4. The Labute approximate surface area is 612 Å². The SMILES string of the molecule is CCOC(=O)CCCCCCn1c2nc(=O)[nH]c(=O)c-2nc2cc(C)c(N(C)C)cc21.CCOC(=O)CCCNCCn1c2nc(=O)[nH]c(=O)c-2nc2cc(C)c(C)cc21.Cc1cc2nc3c(=O)[nH]c(=O)nc-3n(CCCCCCP(=O)(OCOC(=O)C(C)(C)C)OCOC(=O)C(C)(C)C)c2cc1N(C)C. The highest BCUT2D eigenvalue weighted by molar-refractivity contribution is 7.53. The molecule has 0 unspecified atom stereocenters. The van der Waals surface area contributed by atoms with Crippen molar-refractivity contribution in [2.45, 2.75) is 173 Å². The molecule has 0 aromatic heterocycles. The Bertz CT molecular complexity index is 4890. The predicted octanol–water partition coefficient (Wildman–Crippen LogP) is 8.45. The van der Waals surface area contributed by atoms with Gasteiger partial charge in [0, 0.05) is 78.6 Å². The van der Waals surface area contributed by atoms with Gasteiger partial charge in [0.25, 0.3) is 16.7 Å². The summed E-state index contributed by atoms with van der Waals surface area (Å²) in [7, 11) is 4.00. The van der Waals surface area contributed by atoms with Gasteiger partial charge in [0.15, 0.2) is 34.6 Å². The maximum atomic E-state index is 13.5. The molecule has 0 atom stereocenters. The average molecular weight is 1490 g/mol. The lowest BCUT2D eigenvalue weighted by molar-refractivity contribution is -0.162. The van der Waals surface area contributed by atoms with Crippen LogP contribution in [0.15, 0.2) is 65.2 Å². The monoisotopic (exact) mass is 1490 g/mol. The van der Waals surface area contributed by atoms with E-state index < -0.39 is 77.7 Å². The minimum atomic E-state index is -3.79. The zero-order chi connectivity index (χ0) is 78.0. The van der Waals surface area contributed by atoms with Crippen molar-refractivity contribution in [2.75, 3.05) is 84.0 Å². The van der Waals surface area contributed by atoms with E-state index in [1.54, 1.807) is 55.4 Å². The number of H-pyrrole nitrogens is 3. The molecule has 6 heterocycles. The number of fused-ring (bicyclic) bond motifs is 6. The van der Waals surface area contributed by atoms with Gasteiger partial charge in [-0.25, -0.2) is 29.3 Å². The number of benzene rings is 3. The zero-order valence-corrected chi connectivity index (χ0v) is 64.5. The fourth-order valence-corrected chi connectivity index (χ4v) is 12.8. The molecule has 3 aromatic rings. The van der Waals surface area contributed by atoms with Crippen LogP contribution in [0.3, 0.4) is 0 Å². The summed E-state index contributed by atoms with van der Waals surface area (Å²) in [6.45, 7) is 24.0. The van der Waals surface area contributed by atoms with Crippen LogP contribution >= 0.6 is 7.60 Å². The number of aromatic nitrogens is 12. The fourth-order valence-electron chi connectivity index (χ4n) is 11.4. The van der Waals surface area contributed by atoms with Crippen molar-refractivity contribution in [3.8, 4) is 34.6 Å². The number of carbonyl (C=O) groups excluding carboxylic acids is 4. The third kappa shape index (κ3) is 22.6. The summed E-state index contributed by atoms with van der Waals surface area (Å²) in [5.41, 5.74) is 5.55. The largest absolute Gasteiger partial charge is 0.466 e. The first kappa shape index (κ1) is 83.4. The number of unbranched alkanes of at least 4 members (excludes halogenated alkanes) is 6. The van der Waals surface area contributed by atoms with E-state index >= 15 is 0 Å². The van der Waals surface area contributed by atoms with Crippen LogP contribution in [-0.4, -0.2) is 157 Å². The molecule has 0 amide bonds. The smallest absolute Gasteiger partial charge is 0.349 e. The highest BCUT2D eigenvalue weighted by Crippen LogP contribution is 2.49. The number of ether oxygens (including phenoxy) is 4. The average Bonchev–Trinajstić information content (AvgIpc) is 0.768. The van der Waals surface area contributed by atoms with Crippen molar-refractivity contribution in [1.82, 2.24) is 63.9 Å². The Hall–Kier alpha value is -9.91. The van der Waals surface area contributed by atoms with Crippen LogP contribution in [0.5, 0.6) is 0 Å². The molecular weight excluding hydrogens is 1390 g/mol. The summed E-state index contributed by atoms with van der Waals surface area (Å²) < 4.78 is 50.0. The van der Waals surface area contributed by atoms with Crippen molar-refractivity contribution >= 4 is 75.9 Å². The molecule has 106 heavy (non-hydrogen) atoms. The van der Waals surface area contributed by atoms with E-state index in [0.29, 0.717) is 113 Å². The van der Waals surface area contributed by atoms with Crippen molar-refractivity contribution in [3.63, 3.8) is 0 Å². The quantitative estimate of drug-likeness (QED) is 0.00790. The molecule has 9 rings (SSSR count). The number of aryl methyl sites for hydroxylation is 6. The maximum absolute atomic E-state index is 13.5. The molecule has 32 nitrogen and oxygen atoms in total. The van der Waals surface area contributed by atoms with Crippen LogP contribution in [0.2, 0.25) is 0 Å². The van der Waals surface area contributed by atoms with Crippen LogP contribution < -0.4 is 48.9 Å². The highest BCUT2D eigenvalue weighted by atomic mass is 31.2. The van der Waals surface area contributed by atoms with Crippen LogP contribution in [0.1, 0.15) is 148 Å². The summed E-state index contributed by atoms with van der Waals surface area (Å²) in [5, 5.41) is 3.28. The molecule has 0 saturated carbocycles. The third-order valence-electron chi connectivity index (χ3n) is 17.1. The second-order valence-corrected chi connectivity index (χ2v) is 30.3. The minimum Gasteiger partial charge on any atom is -0.466 e.